The summed E-state index contributed by atoms with van der Waals surface area (Å²) < 4.78 is 0. The molecule has 0 amide bonds. The van der Waals surface area contributed by atoms with Crippen molar-refractivity contribution in [2.75, 3.05) is 0 Å². The first-order chi connectivity index (χ1) is 5.54. The van der Waals surface area contributed by atoms with Gasteiger partial charge in [0.15, 0.2) is 0 Å². The molecule has 0 N–H and O–H groups in total. The summed E-state index contributed by atoms with van der Waals surface area (Å²) in [5.41, 5.74) is 0. The summed E-state index contributed by atoms with van der Waals surface area (Å²) in [5, 5.41) is 0. The predicted octanol–water partition coefficient (Wildman–Crippen LogP) is 5.33. The van der Waals surface area contributed by atoms with Gasteiger partial charge in [-0.3, -0.25) is 0 Å². The van der Waals surface area contributed by atoms with Crippen molar-refractivity contribution < 1.29 is 32.7 Å². The van der Waals surface area contributed by atoms with Crippen LogP contribution < -0.4 is 0 Å². The third-order valence-electron chi connectivity index (χ3n) is 1.39. The maximum Gasteiger partial charge on any atom is 0 e. The molecule has 0 unspecified atom stereocenters. The van der Waals surface area contributed by atoms with Crippen LogP contribution in [-0.4, -0.2) is 0 Å². The molecule has 0 spiro atoms. The molecule has 0 nitrogen and oxygen atoms in total. The van der Waals surface area contributed by atoms with Gasteiger partial charge in [0.2, 0.25) is 0 Å². The molecule has 1 aliphatic rings. The molecular formula is C13H31Y-. The van der Waals surface area contributed by atoms with Gasteiger partial charge >= 0.3 is 0 Å². The standard InChI is InChI=1S/C5H10.C4H10.C3H7.CH4.Y/c1-5-3-2-4-5;1-4(2)3;1-3-2;;/h5H,2-4H2,1H3;4H,1-3H3;3H,1-2H3;1H4;/q;;-1;;. The second kappa shape index (κ2) is 19.6. The zero-order valence-corrected chi connectivity index (χ0v) is 13.3. The van der Waals surface area contributed by atoms with E-state index in [4.69, 9.17) is 0 Å². The van der Waals surface area contributed by atoms with Crippen LogP contribution >= 0.6 is 0 Å². The maximum atomic E-state index is 2.31. The van der Waals surface area contributed by atoms with Crippen molar-refractivity contribution in [3.05, 3.63) is 6.42 Å². The topological polar surface area (TPSA) is 0 Å². The Hall–Kier alpha value is 1.10. The molecule has 0 aromatic heterocycles. The molecule has 0 aliphatic heterocycles. The summed E-state index contributed by atoms with van der Waals surface area (Å²) in [6.07, 6.45) is 6.46. The van der Waals surface area contributed by atoms with Crippen molar-refractivity contribution in [3.8, 4) is 0 Å². The summed E-state index contributed by atoms with van der Waals surface area (Å²) in [6, 6.07) is 0. The van der Waals surface area contributed by atoms with Gasteiger partial charge in [0.05, 0.1) is 0 Å². The van der Waals surface area contributed by atoms with Crippen molar-refractivity contribution in [2.24, 2.45) is 11.8 Å². The van der Waals surface area contributed by atoms with Crippen LogP contribution in [0, 0.1) is 18.3 Å². The van der Waals surface area contributed by atoms with E-state index in [-0.39, 0.29) is 40.1 Å². The van der Waals surface area contributed by atoms with Gasteiger partial charge < -0.3 is 6.42 Å². The Labute approximate surface area is 119 Å². The second-order valence-corrected chi connectivity index (χ2v) is 4.35. The monoisotopic (exact) mass is 276 g/mol. The van der Waals surface area contributed by atoms with Gasteiger partial charge in [-0.1, -0.05) is 54.4 Å². The maximum absolute atomic E-state index is 2.31. The van der Waals surface area contributed by atoms with Crippen LogP contribution in [0.3, 0.4) is 0 Å². The molecule has 1 radical (unpaired) electrons. The van der Waals surface area contributed by atoms with E-state index in [2.05, 4.69) is 27.7 Å². The van der Waals surface area contributed by atoms with E-state index >= 15 is 0 Å². The van der Waals surface area contributed by atoms with Gasteiger partial charge in [-0.15, -0.1) is 0 Å². The number of hydrogen-bond donors (Lipinski definition) is 0. The minimum absolute atomic E-state index is 0. The zero-order valence-electron chi connectivity index (χ0n) is 10.4. The first-order valence-electron chi connectivity index (χ1n) is 5.28. The van der Waals surface area contributed by atoms with Crippen molar-refractivity contribution >= 4 is 0 Å². The van der Waals surface area contributed by atoms with Gasteiger partial charge in [0, 0.05) is 32.7 Å². The van der Waals surface area contributed by atoms with E-state index in [1.54, 1.807) is 0 Å². The Bertz CT molecular complexity index is 62.9. The Morgan fingerprint density at radius 3 is 1.21 bits per heavy atom. The fourth-order valence-corrected chi connectivity index (χ4v) is 0.612. The predicted molar refractivity (Wildman–Crippen MR) is 65.9 cm³/mol. The summed E-state index contributed by atoms with van der Waals surface area (Å²) in [4.78, 5) is 0. The molecule has 1 aliphatic carbocycles. The van der Waals surface area contributed by atoms with Crippen LogP contribution in [0.25, 0.3) is 0 Å². The molecule has 1 rings (SSSR count). The molecule has 0 heterocycles. The molecule has 0 aromatic rings. The van der Waals surface area contributed by atoms with Gasteiger partial charge in [-0.25, -0.2) is 0 Å². The average Bonchev–Trinajstić information content (AvgIpc) is 1.84. The van der Waals surface area contributed by atoms with E-state index in [0.29, 0.717) is 0 Å². The van der Waals surface area contributed by atoms with Crippen molar-refractivity contribution in [1.82, 2.24) is 0 Å². The van der Waals surface area contributed by atoms with E-state index in [1.807, 2.05) is 20.3 Å². The minimum atomic E-state index is 0. The second-order valence-electron chi connectivity index (χ2n) is 4.35. The molecule has 0 atom stereocenters. The van der Waals surface area contributed by atoms with Gasteiger partial charge in [0.1, 0.15) is 0 Å². The van der Waals surface area contributed by atoms with E-state index in [1.165, 1.54) is 19.3 Å². The third-order valence-corrected chi connectivity index (χ3v) is 1.39. The Balaban J connectivity index is -0.0000000519. The zero-order chi connectivity index (χ0) is 9.98. The van der Waals surface area contributed by atoms with E-state index in [9.17, 15) is 0 Å². The first kappa shape index (κ1) is 24.4. The van der Waals surface area contributed by atoms with Crippen LogP contribution in [0.5, 0.6) is 0 Å². The summed E-state index contributed by atoms with van der Waals surface area (Å²) in [6.45, 7) is 12.8. The van der Waals surface area contributed by atoms with Crippen molar-refractivity contribution in [2.45, 2.75) is 68.2 Å². The SMILES string of the molecule is C.CC(C)C.CC1CCC1.C[CH-]C.[Y]. The smallest absolute Gasteiger partial charge is 0 e. The van der Waals surface area contributed by atoms with Crippen LogP contribution in [0.4, 0.5) is 0 Å². The molecule has 87 valence electrons. The molecular weight excluding hydrogens is 245 g/mol. The van der Waals surface area contributed by atoms with Crippen molar-refractivity contribution in [3.63, 3.8) is 0 Å². The molecule has 1 fully saturated rings. The number of rotatable bonds is 0. The fraction of sp³-hybridized carbons (Fsp3) is 0.923. The van der Waals surface area contributed by atoms with Gasteiger partial charge in [0.25, 0.3) is 0 Å². The fourth-order valence-electron chi connectivity index (χ4n) is 0.612. The van der Waals surface area contributed by atoms with E-state index in [0.717, 1.165) is 11.8 Å². The van der Waals surface area contributed by atoms with Crippen LogP contribution in [0.15, 0.2) is 0 Å². The molecule has 1 saturated carbocycles. The number of hydrogen-bond acceptors (Lipinski definition) is 0. The molecule has 1 heteroatoms. The largest absolute Gasteiger partial charge is 0.335 e. The molecule has 0 aromatic carbocycles. The van der Waals surface area contributed by atoms with Crippen LogP contribution in [0.1, 0.15) is 68.2 Å². The van der Waals surface area contributed by atoms with Gasteiger partial charge in [-0.2, -0.15) is 13.8 Å². The molecule has 0 bridgehead atoms. The Morgan fingerprint density at radius 1 is 1.07 bits per heavy atom. The van der Waals surface area contributed by atoms with Crippen molar-refractivity contribution in [1.29, 1.82) is 0 Å². The van der Waals surface area contributed by atoms with Gasteiger partial charge in [-0.05, 0) is 11.8 Å². The Kier molecular flexibility index (Phi) is 34.2. The summed E-state index contributed by atoms with van der Waals surface area (Å²) in [7, 11) is 0. The summed E-state index contributed by atoms with van der Waals surface area (Å²) >= 11 is 0. The quantitative estimate of drug-likeness (QED) is 0.524. The van der Waals surface area contributed by atoms with Crippen LogP contribution in [0.2, 0.25) is 0 Å². The molecule has 14 heavy (non-hydrogen) atoms. The van der Waals surface area contributed by atoms with E-state index < -0.39 is 0 Å². The third kappa shape index (κ3) is 38.0. The first-order valence-corrected chi connectivity index (χ1v) is 5.28. The Morgan fingerprint density at radius 2 is 1.21 bits per heavy atom. The minimum Gasteiger partial charge on any atom is -0.335 e. The normalized spacial score (nSPS) is 13.1. The summed E-state index contributed by atoms with van der Waals surface area (Å²) in [5.74, 6) is 1.90. The average molecular weight is 276 g/mol. The molecule has 0 saturated heterocycles. The van der Waals surface area contributed by atoms with Crippen LogP contribution in [-0.2, 0) is 32.7 Å².